The third-order valence-corrected chi connectivity index (χ3v) is 3.56. The zero-order valence-electron chi connectivity index (χ0n) is 11.6. The van der Waals surface area contributed by atoms with Gasteiger partial charge in [0.15, 0.2) is 0 Å². The van der Waals surface area contributed by atoms with Gasteiger partial charge in [0.2, 0.25) is 5.91 Å². The molecule has 0 aliphatic carbocycles. The van der Waals surface area contributed by atoms with Crippen LogP contribution in [0.15, 0.2) is 18.2 Å². The number of nitrogens with zero attached hydrogens (tertiary/aromatic N) is 2. The zero-order chi connectivity index (χ0) is 14.0. The molecule has 1 N–H and O–H groups in total. The van der Waals surface area contributed by atoms with Crippen LogP contribution in [0, 0.1) is 25.2 Å². The maximum absolute atomic E-state index is 12.5. The summed E-state index contributed by atoms with van der Waals surface area (Å²) in [4.78, 5) is 14.3. The number of piperazine rings is 1. The van der Waals surface area contributed by atoms with Crippen molar-refractivity contribution in [1.29, 1.82) is 5.26 Å². The van der Waals surface area contributed by atoms with Crippen LogP contribution < -0.4 is 10.2 Å². The molecule has 1 saturated heterocycles. The van der Waals surface area contributed by atoms with Crippen molar-refractivity contribution in [2.24, 2.45) is 0 Å². The van der Waals surface area contributed by atoms with Gasteiger partial charge < -0.3 is 10.2 Å². The van der Waals surface area contributed by atoms with E-state index >= 15 is 0 Å². The number of nitrogens with one attached hydrogen (secondary N) is 1. The van der Waals surface area contributed by atoms with Crippen molar-refractivity contribution in [2.45, 2.75) is 39.3 Å². The molecule has 4 heteroatoms. The number of carbonyl (C=O) groups is 1. The molecule has 1 heterocycles. The Labute approximate surface area is 114 Å². The Kier molecular flexibility index (Phi) is 3.87. The Morgan fingerprint density at radius 3 is 2.89 bits per heavy atom. The molecule has 1 aromatic rings. The lowest BCUT2D eigenvalue weighted by molar-refractivity contribution is -0.122. The van der Waals surface area contributed by atoms with E-state index in [2.05, 4.69) is 11.4 Å². The van der Waals surface area contributed by atoms with E-state index in [1.807, 2.05) is 43.9 Å². The number of amides is 1. The highest BCUT2D eigenvalue weighted by Crippen LogP contribution is 2.26. The second-order valence-corrected chi connectivity index (χ2v) is 5.17. The van der Waals surface area contributed by atoms with E-state index in [0.717, 1.165) is 16.8 Å². The molecule has 100 valence electrons. The predicted octanol–water partition coefficient (Wildman–Crippen LogP) is 1.91. The predicted molar refractivity (Wildman–Crippen MR) is 74.9 cm³/mol. The van der Waals surface area contributed by atoms with Gasteiger partial charge in [-0.2, -0.15) is 5.26 Å². The van der Waals surface area contributed by atoms with Crippen LogP contribution in [0.5, 0.6) is 0 Å². The molecule has 2 rings (SSSR count). The molecule has 0 bridgehead atoms. The number of rotatable bonds is 2. The molecule has 1 aliphatic heterocycles. The molecule has 1 aliphatic rings. The molecule has 0 saturated carbocycles. The average Bonchev–Trinajstić information content (AvgIpc) is 2.37. The van der Waals surface area contributed by atoms with Gasteiger partial charge in [-0.25, -0.2) is 0 Å². The van der Waals surface area contributed by atoms with Gasteiger partial charge in [-0.15, -0.1) is 0 Å². The second-order valence-electron chi connectivity index (χ2n) is 5.17. The van der Waals surface area contributed by atoms with E-state index in [0.29, 0.717) is 6.54 Å². The minimum atomic E-state index is -0.388. The molecule has 4 nitrogen and oxygen atoms in total. The summed E-state index contributed by atoms with van der Waals surface area (Å²) in [6, 6.07) is 7.90. The second kappa shape index (κ2) is 5.41. The Hall–Kier alpha value is -1.86. The van der Waals surface area contributed by atoms with Crippen LogP contribution in [0.2, 0.25) is 0 Å². The Balaban J connectivity index is 2.37. The standard InChI is InChI=1S/C15H19N3O/c1-10-4-5-11(2)14(8-10)18-12(3)9-17-13(6-7-16)15(18)19/h4-5,8,12-13,17H,6,9H2,1-3H3. The van der Waals surface area contributed by atoms with Gasteiger partial charge in [0.1, 0.15) is 6.04 Å². The summed E-state index contributed by atoms with van der Waals surface area (Å²) in [5.41, 5.74) is 3.18. The van der Waals surface area contributed by atoms with E-state index in [1.54, 1.807) is 0 Å². The molecule has 0 spiro atoms. The van der Waals surface area contributed by atoms with Gasteiger partial charge in [0.25, 0.3) is 0 Å². The van der Waals surface area contributed by atoms with Gasteiger partial charge in [-0.1, -0.05) is 12.1 Å². The van der Waals surface area contributed by atoms with Gasteiger partial charge in [0.05, 0.1) is 12.5 Å². The minimum Gasteiger partial charge on any atom is -0.307 e. The first kappa shape index (κ1) is 13.6. The molecule has 1 fully saturated rings. The first-order chi connectivity index (χ1) is 9.04. The van der Waals surface area contributed by atoms with Crippen molar-refractivity contribution in [3.8, 4) is 6.07 Å². The van der Waals surface area contributed by atoms with Crippen molar-refractivity contribution in [3.05, 3.63) is 29.3 Å². The summed E-state index contributed by atoms with van der Waals surface area (Å²) in [5.74, 6) is -0.00556. The number of hydrogen-bond donors (Lipinski definition) is 1. The summed E-state index contributed by atoms with van der Waals surface area (Å²) in [5, 5.41) is 11.9. The van der Waals surface area contributed by atoms with Crippen molar-refractivity contribution in [2.75, 3.05) is 11.4 Å². The van der Waals surface area contributed by atoms with E-state index in [9.17, 15) is 4.79 Å². The number of nitriles is 1. The first-order valence-electron chi connectivity index (χ1n) is 6.55. The smallest absolute Gasteiger partial charge is 0.245 e. The topological polar surface area (TPSA) is 56.1 Å². The van der Waals surface area contributed by atoms with Crippen LogP contribution in [-0.4, -0.2) is 24.5 Å². The molecular formula is C15H19N3O. The lowest BCUT2D eigenvalue weighted by Crippen LogP contribution is -2.59. The van der Waals surface area contributed by atoms with Crippen LogP contribution in [0.1, 0.15) is 24.5 Å². The molecule has 2 unspecified atom stereocenters. The van der Waals surface area contributed by atoms with E-state index < -0.39 is 0 Å². The summed E-state index contributed by atoms with van der Waals surface area (Å²) in [6.07, 6.45) is 0.215. The average molecular weight is 257 g/mol. The van der Waals surface area contributed by atoms with Crippen LogP contribution in [0.3, 0.4) is 0 Å². The van der Waals surface area contributed by atoms with Crippen molar-refractivity contribution >= 4 is 11.6 Å². The fourth-order valence-corrected chi connectivity index (χ4v) is 2.46. The monoisotopic (exact) mass is 257 g/mol. The fourth-order valence-electron chi connectivity index (χ4n) is 2.46. The van der Waals surface area contributed by atoms with Crippen LogP contribution >= 0.6 is 0 Å². The Morgan fingerprint density at radius 1 is 1.47 bits per heavy atom. The maximum Gasteiger partial charge on any atom is 0.245 e. The lowest BCUT2D eigenvalue weighted by Gasteiger charge is -2.38. The van der Waals surface area contributed by atoms with Gasteiger partial charge in [-0.05, 0) is 38.0 Å². The van der Waals surface area contributed by atoms with Gasteiger partial charge in [-0.3, -0.25) is 4.79 Å². The van der Waals surface area contributed by atoms with Gasteiger partial charge >= 0.3 is 0 Å². The first-order valence-corrected chi connectivity index (χ1v) is 6.55. The molecule has 0 aromatic heterocycles. The largest absolute Gasteiger partial charge is 0.307 e. The number of benzene rings is 1. The van der Waals surface area contributed by atoms with Gasteiger partial charge in [0, 0.05) is 18.3 Å². The van der Waals surface area contributed by atoms with Crippen molar-refractivity contribution in [3.63, 3.8) is 0 Å². The summed E-state index contributed by atoms with van der Waals surface area (Å²) < 4.78 is 0. The number of anilines is 1. The molecule has 2 atom stereocenters. The SMILES string of the molecule is Cc1ccc(C)c(N2C(=O)C(CC#N)NCC2C)c1. The van der Waals surface area contributed by atoms with Crippen LogP contribution in [-0.2, 0) is 4.79 Å². The number of hydrogen-bond acceptors (Lipinski definition) is 3. The van der Waals surface area contributed by atoms with E-state index in [-0.39, 0.29) is 24.4 Å². The maximum atomic E-state index is 12.5. The summed E-state index contributed by atoms with van der Waals surface area (Å²) in [7, 11) is 0. The molecule has 0 radical (unpaired) electrons. The lowest BCUT2D eigenvalue weighted by atomic mass is 10.0. The van der Waals surface area contributed by atoms with E-state index in [1.165, 1.54) is 0 Å². The number of carbonyl (C=O) groups excluding carboxylic acids is 1. The third kappa shape index (κ3) is 2.61. The van der Waals surface area contributed by atoms with E-state index in [4.69, 9.17) is 5.26 Å². The summed E-state index contributed by atoms with van der Waals surface area (Å²) >= 11 is 0. The molecular weight excluding hydrogens is 238 g/mol. The molecule has 1 aromatic carbocycles. The van der Waals surface area contributed by atoms with Crippen LogP contribution in [0.4, 0.5) is 5.69 Å². The number of aryl methyl sites for hydroxylation is 2. The molecule has 19 heavy (non-hydrogen) atoms. The highest BCUT2D eigenvalue weighted by Gasteiger charge is 2.34. The highest BCUT2D eigenvalue weighted by atomic mass is 16.2. The Morgan fingerprint density at radius 2 is 2.21 bits per heavy atom. The Bertz CT molecular complexity index is 533. The normalized spacial score (nSPS) is 23.3. The minimum absolute atomic E-state index is 0.00556. The third-order valence-electron chi connectivity index (χ3n) is 3.56. The summed E-state index contributed by atoms with van der Waals surface area (Å²) in [6.45, 7) is 6.77. The van der Waals surface area contributed by atoms with Crippen LogP contribution in [0.25, 0.3) is 0 Å². The fraction of sp³-hybridized carbons (Fsp3) is 0.467. The zero-order valence-corrected chi connectivity index (χ0v) is 11.6. The highest BCUT2D eigenvalue weighted by molar-refractivity contribution is 5.99. The molecule has 1 amide bonds. The van der Waals surface area contributed by atoms with Crippen molar-refractivity contribution in [1.82, 2.24) is 5.32 Å². The quantitative estimate of drug-likeness (QED) is 0.880. The van der Waals surface area contributed by atoms with Crippen molar-refractivity contribution < 1.29 is 4.79 Å².